The van der Waals surface area contributed by atoms with Gasteiger partial charge in [-0.25, -0.2) is 9.69 Å². The second kappa shape index (κ2) is 9.54. The summed E-state index contributed by atoms with van der Waals surface area (Å²) in [7, 11) is 0. The van der Waals surface area contributed by atoms with Gasteiger partial charge in [0.15, 0.2) is 0 Å². The molecule has 1 saturated heterocycles. The molecule has 3 aliphatic rings. The Balaban J connectivity index is 1.34. The van der Waals surface area contributed by atoms with Gasteiger partial charge in [-0.1, -0.05) is 36.4 Å². The zero-order valence-corrected chi connectivity index (χ0v) is 22.0. The van der Waals surface area contributed by atoms with Crippen LogP contribution in [-0.2, 0) is 37.7 Å². The minimum absolute atomic E-state index is 0.00438. The van der Waals surface area contributed by atoms with Crippen molar-refractivity contribution in [2.24, 2.45) is 11.7 Å². The van der Waals surface area contributed by atoms with E-state index in [9.17, 15) is 19.2 Å². The van der Waals surface area contributed by atoms with E-state index < -0.39 is 23.1 Å². The summed E-state index contributed by atoms with van der Waals surface area (Å²) in [5, 5.41) is 2.79. The molecule has 38 heavy (non-hydrogen) atoms. The summed E-state index contributed by atoms with van der Waals surface area (Å²) in [6.45, 7) is 5.31. The third-order valence-corrected chi connectivity index (χ3v) is 7.81. The molecule has 5 rings (SSSR count). The lowest BCUT2D eigenvalue weighted by Crippen LogP contribution is -2.47. The van der Waals surface area contributed by atoms with Gasteiger partial charge < -0.3 is 20.7 Å². The number of nitrogens with two attached hydrogens (primary N) is 1. The van der Waals surface area contributed by atoms with E-state index in [0.717, 1.165) is 28.9 Å². The van der Waals surface area contributed by atoms with E-state index in [0.29, 0.717) is 30.1 Å². The van der Waals surface area contributed by atoms with Crippen molar-refractivity contribution in [2.75, 3.05) is 11.9 Å². The van der Waals surface area contributed by atoms with Gasteiger partial charge in [0, 0.05) is 30.3 Å². The van der Waals surface area contributed by atoms with Crippen LogP contribution in [0.25, 0.3) is 0 Å². The quantitative estimate of drug-likeness (QED) is 0.553. The lowest BCUT2D eigenvalue weighted by Gasteiger charge is -2.30. The molecule has 2 aliphatic carbocycles. The third kappa shape index (κ3) is 4.78. The number of anilines is 1. The zero-order valence-electron chi connectivity index (χ0n) is 22.0. The van der Waals surface area contributed by atoms with Crippen molar-refractivity contribution >= 4 is 29.5 Å². The first-order valence-corrected chi connectivity index (χ1v) is 13.1. The number of rotatable bonds is 8. The molecular formula is C29H34N4O5. The van der Waals surface area contributed by atoms with Crippen molar-refractivity contribution in [2.45, 2.75) is 70.2 Å². The lowest BCUT2D eigenvalue weighted by atomic mass is 9.94. The highest BCUT2D eigenvalue weighted by Crippen LogP contribution is 2.46. The molecule has 2 aromatic rings. The molecule has 0 aromatic heterocycles. The first kappa shape index (κ1) is 25.9. The van der Waals surface area contributed by atoms with Gasteiger partial charge in [-0.3, -0.25) is 14.4 Å². The summed E-state index contributed by atoms with van der Waals surface area (Å²) in [6, 6.07) is 14.9. The number of fused-ring (bicyclic) bond motifs is 2. The molecule has 2 aromatic carbocycles. The predicted molar refractivity (Wildman–Crippen MR) is 141 cm³/mol. The molecule has 1 saturated carbocycles. The number of carbonyl (C=O) groups is 4. The summed E-state index contributed by atoms with van der Waals surface area (Å²) in [4.78, 5) is 55.1. The number of imide groups is 1. The Kier molecular flexibility index (Phi) is 6.51. The fourth-order valence-corrected chi connectivity index (χ4v) is 5.32. The van der Waals surface area contributed by atoms with Gasteiger partial charge in [0.1, 0.15) is 6.54 Å². The van der Waals surface area contributed by atoms with Crippen LogP contribution in [-0.4, -0.2) is 51.7 Å². The maximum atomic E-state index is 13.7. The summed E-state index contributed by atoms with van der Waals surface area (Å²) in [5.41, 5.74) is 6.32. The Hall–Kier alpha value is -3.72. The van der Waals surface area contributed by atoms with Crippen molar-refractivity contribution in [3.63, 3.8) is 0 Å². The first-order valence-electron chi connectivity index (χ1n) is 13.1. The van der Waals surface area contributed by atoms with Crippen LogP contribution in [0.3, 0.4) is 0 Å². The number of aryl methyl sites for hydroxylation is 1. The van der Waals surface area contributed by atoms with Crippen LogP contribution in [0.2, 0.25) is 0 Å². The van der Waals surface area contributed by atoms with Crippen LogP contribution in [0.5, 0.6) is 0 Å². The molecule has 9 nitrogen and oxygen atoms in total. The maximum Gasteiger partial charge on any atom is 0.418 e. The number of hydrogen-bond donors (Lipinski definition) is 2. The van der Waals surface area contributed by atoms with Crippen LogP contribution in [0, 0.1) is 5.92 Å². The van der Waals surface area contributed by atoms with E-state index in [4.69, 9.17) is 10.5 Å². The second-order valence-electron chi connectivity index (χ2n) is 11.2. The molecular weight excluding hydrogens is 484 g/mol. The number of ether oxygens (including phenoxy) is 1. The molecule has 2 fully saturated rings. The van der Waals surface area contributed by atoms with E-state index in [1.807, 2.05) is 37.3 Å². The number of nitrogens with zero attached hydrogens (tertiary/aromatic N) is 2. The normalized spacial score (nSPS) is 21.3. The standard InChI is InChI=1S/C29H34N4O5/c1-18(20-9-10-20)32(16-19-7-5-4-6-8-19)24(34)17-33-26(36)29(38-27(33)37)14-13-21-15-22(11-12-23(21)29)31-25(35)28(2,3)30/h4-8,11-12,15,18,20H,9-10,13-14,16-17,30H2,1-3H3,(H,31,35)/t18-,29?/m0/s1. The molecule has 0 bridgehead atoms. The van der Waals surface area contributed by atoms with Gasteiger partial charge in [-0.15, -0.1) is 0 Å². The van der Waals surface area contributed by atoms with E-state index in [-0.39, 0.29) is 30.8 Å². The molecule has 0 radical (unpaired) electrons. The van der Waals surface area contributed by atoms with E-state index in [2.05, 4.69) is 5.32 Å². The first-order chi connectivity index (χ1) is 18.0. The smallest absolute Gasteiger partial charge is 0.418 e. The second-order valence-corrected chi connectivity index (χ2v) is 11.2. The zero-order chi connectivity index (χ0) is 27.2. The molecule has 1 aliphatic heterocycles. The Labute approximate surface area is 222 Å². The van der Waals surface area contributed by atoms with Gasteiger partial charge in [-0.05, 0) is 69.2 Å². The summed E-state index contributed by atoms with van der Waals surface area (Å²) in [6.07, 6.45) is 2.09. The van der Waals surface area contributed by atoms with Crippen LogP contribution >= 0.6 is 0 Å². The van der Waals surface area contributed by atoms with Gasteiger partial charge in [0.2, 0.25) is 17.4 Å². The molecule has 200 valence electrons. The van der Waals surface area contributed by atoms with Gasteiger partial charge in [0.25, 0.3) is 5.91 Å². The number of amides is 4. The van der Waals surface area contributed by atoms with Crippen molar-refractivity contribution in [1.29, 1.82) is 0 Å². The van der Waals surface area contributed by atoms with Gasteiger partial charge in [0.05, 0.1) is 5.54 Å². The maximum absolute atomic E-state index is 13.7. The van der Waals surface area contributed by atoms with Crippen LogP contribution in [0.15, 0.2) is 48.5 Å². The Morgan fingerprint density at radius 3 is 2.55 bits per heavy atom. The van der Waals surface area contributed by atoms with Gasteiger partial charge >= 0.3 is 6.09 Å². The minimum Gasteiger partial charge on any atom is -0.427 e. The van der Waals surface area contributed by atoms with Gasteiger partial charge in [-0.2, -0.15) is 0 Å². The molecule has 1 spiro atoms. The number of benzene rings is 2. The molecule has 1 heterocycles. The molecule has 9 heteroatoms. The highest BCUT2D eigenvalue weighted by molar-refractivity contribution is 6.06. The van der Waals surface area contributed by atoms with Crippen molar-refractivity contribution < 1.29 is 23.9 Å². The van der Waals surface area contributed by atoms with Crippen LogP contribution < -0.4 is 11.1 Å². The monoisotopic (exact) mass is 518 g/mol. The largest absolute Gasteiger partial charge is 0.427 e. The predicted octanol–water partition coefficient (Wildman–Crippen LogP) is 3.31. The summed E-state index contributed by atoms with van der Waals surface area (Å²) >= 11 is 0. The third-order valence-electron chi connectivity index (χ3n) is 7.81. The Morgan fingerprint density at radius 1 is 1.18 bits per heavy atom. The highest BCUT2D eigenvalue weighted by Gasteiger charge is 2.58. The molecule has 1 unspecified atom stereocenters. The minimum atomic E-state index is -1.45. The lowest BCUT2D eigenvalue weighted by molar-refractivity contribution is -0.143. The summed E-state index contributed by atoms with van der Waals surface area (Å²) in [5.74, 6) is -0.709. The van der Waals surface area contributed by atoms with E-state index in [1.165, 1.54) is 0 Å². The number of carbonyl (C=O) groups excluding carboxylic acids is 4. The number of nitrogens with one attached hydrogen (secondary N) is 1. The molecule has 4 amide bonds. The van der Waals surface area contributed by atoms with Crippen molar-refractivity contribution in [3.8, 4) is 0 Å². The Morgan fingerprint density at radius 2 is 1.89 bits per heavy atom. The average molecular weight is 519 g/mol. The average Bonchev–Trinajstić information content (AvgIpc) is 3.63. The van der Waals surface area contributed by atoms with E-state index in [1.54, 1.807) is 36.9 Å². The van der Waals surface area contributed by atoms with Crippen molar-refractivity contribution in [3.05, 3.63) is 65.2 Å². The number of hydrogen-bond acceptors (Lipinski definition) is 6. The Bertz CT molecular complexity index is 1280. The molecule has 2 atom stereocenters. The highest BCUT2D eigenvalue weighted by atomic mass is 16.6. The topological polar surface area (TPSA) is 122 Å². The fourth-order valence-electron chi connectivity index (χ4n) is 5.32. The van der Waals surface area contributed by atoms with E-state index >= 15 is 0 Å². The molecule has 3 N–H and O–H groups in total. The van der Waals surface area contributed by atoms with Crippen LogP contribution in [0.4, 0.5) is 10.5 Å². The van der Waals surface area contributed by atoms with Crippen LogP contribution in [0.1, 0.15) is 56.7 Å². The van der Waals surface area contributed by atoms with Crippen molar-refractivity contribution in [1.82, 2.24) is 9.80 Å². The fraction of sp³-hybridized carbons (Fsp3) is 0.448. The SMILES string of the molecule is C[C@@H](C1CC1)N(Cc1ccccc1)C(=O)CN1C(=O)OC2(CCc3cc(NC(=O)C(C)(C)N)ccc32)C1=O. The summed E-state index contributed by atoms with van der Waals surface area (Å²) < 4.78 is 5.71.